The lowest BCUT2D eigenvalue weighted by atomic mass is 10.0. The van der Waals surface area contributed by atoms with E-state index in [-0.39, 0.29) is 12.1 Å². The summed E-state index contributed by atoms with van der Waals surface area (Å²) in [7, 11) is 1.95. The number of aliphatic hydroxyl groups excluding tert-OH is 1. The molecule has 0 fully saturated rings. The first-order chi connectivity index (χ1) is 9.49. The average Bonchev–Trinajstić information content (AvgIpc) is 2.46. The molecule has 5 heteroatoms. The van der Waals surface area contributed by atoms with Gasteiger partial charge in [-0.05, 0) is 32.9 Å². The number of benzene rings is 1. The molecule has 0 spiro atoms. The van der Waals surface area contributed by atoms with Crippen molar-refractivity contribution in [3.05, 3.63) is 24.3 Å². The molecule has 0 amide bonds. The van der Waals surface area contributed by atoms with Crippen LogP contribution < -0.4 is 10.2 Å². The van der Waals surface area contributed by atoms with Crippen molar-refractivity contribution in [1.82, 2.24) is 9.97 Å². The van der Waals surface area contributed by atoms with Crippen LogP contribution in [0.1, 0.15) is 20.8 Å². The largest absolute Gasteiger partial charge is 0.394 e. The predicted octanol–water partition coefficient (Wildman–Crippen LogP) is 2.27. The van der Waals surface area contributed by atoms with E-state index in [2.05, 4.69) is 15.3 Å². The quantitative estimate of drug-likeness (QED) is 0.876. The van der Waals surface area contributed by atoms with Gasteiger partial charge in [-0.2, -0.15) is 4.98 Å². The number of anilines is 2. The molecule has 20 heavy (non-hydrogen) atoms. The Labute approximate surface area is 119 Å². The van der Waals surface area contributed by atoms with Crippen LogP contribution >= 0.6 is 0 Å². The molecule has 0 aliphatic carbocycles. The summed E-state index contributed by atoms with van der Waals surface area (Å²) in [5, 5.41) is 13.7. The number of hydrogen-bond donors (Lipinski definition) is 2. The van der Waals surface area contributed by atoms with Gasteiger partial charge >= 0.3 is 0 Å². The second kappa shape index (κ2) is 5.63. The van der Waals surface area contributed by atoms with Gasteiger partial charge in [0, 0.05) is 19.0 Å². The minimum absolute atomic E-state index is 0.0539. The number of aromatic nitrogens is 2. The minimum atomic E-state index is -0.388. The monoisotopic (exact) mass is 274 g/mol. The van der Waals surface area contributed by atoms with E-state index in [1.54, 1.807) is 0 Å². The standard InChI is InChI=1S/C15H22N4O/c1-5-16-14-17-12-9-7-6-8-11(12)13(18-14)19(4)15(2,3)10-20/h6-9,20H,5,10H2,1-4H3,(H,16,17,18). The number of nitrogens with zero attached hydrogens (tertiary/aromatic N) is 3. The molecule has 0 saturated heterocycles. The second-order valence-electron chi connectivity index (χ2n) is 5.45. The van der Waals surface area contributed by atoms with Crippen molar-refractivity contribution in [3.8, 4) is 0 Å². The maximum absolute atomic E-state index is 9.57. The van der Waals surface area contributed by atoms with E-state index >= 15 is 0 Å². The minimum Gasteiger partial charge on any atom is -0.394 e. The molecule has 0 radical (unpaired) electrons. The molecule has 2 N–H and O–H groups in total. The Kier molecular flexibility index (Phi) is 4.09. The SMILES string of the molecule is CCNc1nc(N(C)C(C)(C)CO)c2ccccc2n1. The van der Waals surface area contributed by atoms with E-state index < -0.39 is 0 Å². The number of fused-ring (bicyclic) bond motifs is 1. The fourth-order valence-electron chi connectivity index (χ4n) is 1.95. The first-order valence-electron chi connectivity index (χ1n) is 6.85. The van der Waals surface area contributed by atoms with Crippen LogP contribution in [0.15, 0.2) is 24.3 Å². The smallest absolute Gasteiger partial charge is 0.225 e. The van der Waals surface area contributed by atoms with E-state index in [1.165, 1.54) is 0 Å². The molecule has 0 aliphatic heterocycles. The van der Waals surface area contributed by atoms with Crippen LogP contribution in [-0.4, -0.2) is 40.8 Å². The zero-order valence-corrected chi connectivity index (χ0v) is 12.5. The summed E-state index contributed by atoms with van der Waals surface area (Å²) in [5.74, 6) is 1.44. The lowest BCUT2D eigenvalue weighted by Gasteiger charge is -2.35. The van der Waals surface area contributed by atoms with Gasteiger partial charge in [-0.1, -0.05) is 12.1 Å². The van der Waals surface area contributed by atoms with Crippen LogP contribution in [-0.2, 0) is 0 Å². The van der Waals surface area contributed by atoms with Gasteiger partial charge < -0.3 is 15.3 Å². The molecular formula is C15H22N4O. The molecular weight excluding hydrogens is 252 g/mol. The summed E-state index contributed by atoms with van der Waals surface area (Å²) in [6, 6.07) is 7.92. The molecule has 2 rings (SSSR count). The van der Waals surface area contributed by atoms with Gasteiger partial charge in [0.05, 0.1) is 17.7 Å². The summed E-state index contributed by atoms with van der Waals surface area (Å²) in [6.45, 7) is 6.80. The molecule has 1 heterocycles. The van der Waals surface area contributed by atoms with E-state index in [9.17, 15) is 5.11 Å². The molecule has 0 saturated carbocycles. The Hall–Kier alpha value is -1.88. The lowest BCUT2D eigenvalue weighted by Crippen LogP contribution is -2.45. The van der Waals surface area contributed by atoms with Gasteiger partial charge in [0.25, 0.3) is 0 Å². The number of rotatable bonds is 5. The highest BCUT2D eigenvalue weighted by molar-refractivity contribution is 5.90. The highest BCUT2D eigenvalue weighted by Crippen LogP contribution is 2.28. The van der Waals surface area contributed by atoms with Gasteiger partial charge in [-0.25, -0.2) is 4.98 Å². The first-order valence-corrected chi connectivity index (χ1v) is 6.85. The third-order valence-electron chi connectivity index (χ3n) is 3.53. The fourth-order valence-corrected chi connectivity index (χ4v) is 1.95. The lowest BCUT2D eigenvalue weighted by molar-refractivity contribution is 0.216. The van der Waals surface area contributed by atoms with Crippen LogP contribution in [0.25, 0.3) is 10.9 Å². The summed E-state index contributed by atoms with van der Waals surface area (Å²) < 4.78 is 0. The summed E-state index contributed by atoms with van der Waals surface area (Å²) >= 11 is 0. The van der Waals surface area contributed by atoms with Gasteiger partial charge in [0.15, 0.2) is 0 Å². The second-order valence-corrected chi connectivity index (χ2v) is 5.45. The van der Waals surface area contributed by atoms with Gasteiger partial charge in [0.1, 0.15) is 5.82 Å². The third-order valence-corrected chi connectivity index (χ3v) is 3.53. The first kappa shape index (κ1) is 14.5. The molecule has 0 unspecified atom stereocenters. The number of para-hydroxylation sites is 1. The van der Waals surface area contributed by atoms with Crippen molar-refractivity contribution in [1.29, 1.82) is 0 Å². The number of nitrogens with one attached hydrogen (secondary N) is 1. The van der Waals surface area contributed by atoms with Gasteiger partial charge in [0.2, 0.25) is 5.95 Å². The predicted molar refractivity (Wildman–Crippen MR) is 83.3 cm³/mol. The highest BCUT2D eigenvalue weighted by Gasteiger charge is 2.25. The van der Waals surface area contributed by atoms with Crippen LogP contribution in [0.4, 0.5) is 11.8 Å². The molecule has 0 aliphatic rings. The Bertz CT molecular complexity index is 597. The third kappa shape index (κ3) is 2.67. The van der Waals surface area contributed by atoms with Crippen molar-refractivity contribution >= 4 is 22.7 Å². The summed E-state index contributed by atoms with van der Waals surface area (Å²) in [4.78, 5) is 11.1. The molecule has 2 aromatic rings. The molecule has 1 aromatic carbocycles. The van der Waals surface area contributed by atoms with Crippen LogP contribution in [0.2, 0.25) is 0 Å². The zero-order valence-electron chi connectivity index (χ0n) is 12.5. The summed E-state index contributed by atoms with van der Waals surface area (Å²) in [6.07, 6.45) is 0. The van der Waals surface area contributed by atoms with E-state index in [4.69, 9.17) is 0 Å². The zero-order chi connectivity index (χ0) is 14.8. The maximum atomic E-state index is 9.57. The topological polar surface area (TPSA) is 61.3 Å². The van der Waals surface area contributed by atoms with Gasteiger partial charge in [-0.3, -0.25) is 0 Å². The van der Waals surface area contributed by atoms with Gasteiger partial charge in [-0.15, -0.1) is 0 Å². The molecule has 0 atom stereocenters. The fraction of sp³-hybridized carbons (Fsp3) is 0.467. The van der Waals surface area contributed by atoms with E-state index in [0.29, 0.717) is 5.95 Å². The Balaban J connectivity index is 2.60. The van der Waals surface area contributed by atoms with Crippen molar-refractivity contribution in [2.75, 3.05) is 30.4 Å². The van der Waals surface area contributed by atoms with Crippen molar-refractivity contribution < 1.29 is 5.11 Å². The summed E-state index contributed by atoms with van der Waals surface area (Å²) in [5.41, 5.74) is 0.509. The van der Waals surface area contributed by atoms with Crippen LogP contribution in [0.3, 0.4) is 0 Å². The molecule has 0 bridgehead atoms. The van der Waals surface area contributed by atoms with Crippen molar-refractivity contribution in [2.45, 2.75) is 26.3 Å². The Morgan fingerprint density at radius 1 is 1.25 bits per heavy atom. The van der Waals surface area contributed by atoms with Crippen LogP contribution in [0, 0.1) is 0 Å². The highest BCUT2D eigenvalue weighted by atomic mass is 16.3. The molecule has 1 aromatic heterocycles. The number of likely N-dealkylation sites (N-methyl/N-ethyl adjacent to an activating group) is 1. The number of hydrogen-bond acceptors (Lipinski definition) is 5. The van der Waals surface area contributed by atoms with E-state index in [0.717, 1.165) is 23.3 Å². The molecule has 5 nitrogen and oxygen atoms in total. The van der Waals surface area contributed by atoms with E-state index in [1.807, 2.05) is 57.0 Å². The molecule has 108 valence electrons. The van der Waals surface area contributed by atoms with Crippen molar-refractivity contribution in [3.63, 3.8) is 0 Å². The number of aliphatic hydroxyl groups is 1. The average molecular weight is 274 g/mol. The normalized spacial score (nSPS) is 11.7. The van der Waals surface area contributed by atoms with Crippen LogP contribution in [0.5, 0.6) is 0 Å². The van der Waals surface area contributed by atoms with Crippen molar-refractivity contribution in [2.24, 2.45) is 0 Å². The Morgan fingerprint density at radius 2 is 1.95 bits per heavy atom. The maximum Gasteiger partial charge on any atom is 0.225 e. The Morgan fingerprint density at radius 3 is 2.60 bits per heavy atom.